The number of hydrogen-bond acceptors (Lipinski definition) is 5. The van der Waals surface area contributed by atoms with Crippen molar-refractivity contribution in [3.8, 4) is 0 Å². The van der Waals surface area contributed by atoms with E-state index in [-0.39, 0.29) is 11.4 Å². The number of likely N-dealkylation sites (N-methyl/N-ethyl adjacent to an activating group) is 1. The van der Waals surface area contributed by atoms with Gasteiger partial charge >= 0.3 is 0 Å². The summed E-state index contributed by atoms with van der Waals surface area (Å²) in [4.78, 5) is 23.4. The highest BCUT2D eigenvalue weighted by Crippen LogP contribution is 2.24. The lowest BCUT2D eigenvalue weighted by atomic mass is 10.00. The molecule has 1 N–H and O–H groups in total. The van der Waals surface area contributed by atoms with E-state index in [0.717, 1.165) is 54.2 Å². The largest absolute Gasteiger partial charge is 0.346 e. The van der Waals surface area contributed by atoms with Gasteiger partial charge < -0.3 is 15.1 Å². The molecular formula is C18H26N4OS. The average molecular weight is 347 g/mol. The molecule has 2 aromatic heterocycles. The zero-order chi connectivity index (χ0) is 17.2. The lowest BCUT2D eigenvalue weighted by Crippen LogP contribution is -2.49. The number of thiophene rings is 1. The quantitative estimate of drug-likeness (QED) is 0.903. The molecule has 1 saturated heterocycles. The lowest BCUT2D eigenvalue weighted by Gasteiger charge is -2.35. The molecule has 1 aliphatic heterocycles. The van der Waals surface area contributed by atoms with Crippen molar-refractivity contribution in [2.45, 2.75) is 25.8 Å². The number of carbonyl (C=O) groups is 1. The summed E-state index contributed by atoms with van der Waals surface area (Å²) < 4.78 is 0. The maximum atomic E-state index is 12.6. The van der Waals surface area contributed by atoms with Crippen molar-refractivity contribution in [2.24, 2.45) is 0 Å². The Hall–Kier alpha value is -1.50. The second-order valence-electron chi connectivity index (χ2n) is 7.24. The van der Waals surface area contributed by atoms with E-state index in [2.05, 4.69) is 41.0 Å². The number of amides is 1. The molecule has 130 valence electrons. The summed E-state index contributed by atoms with van der Waals surface area (Å²) in [5.74, 6) is 0.00128. The Labute approximate surface area is 147 Å². The first-order chi connectivity index (χ1) is 11.4. The van der Waals surface area contributed by atoms with Crippen LogP contribution in [-0.4, -0.2) is 66.0 Å². The highest BCUT2D eigenvalue weighted by molar-refractivity contribution is 7.20. The fraction of sp³-hybridized carbons (Fsp3) is 0.556. The van der Waals surface area contributed by atoms with E-state index < -0.39 is 0 Å². The third kappa shape index (κ3) is 4.32. The molecule has 3 heterocycles. The molecule has 0 aliphatic carbocycles. The molecule has 1 fully saturated rings. The van der Waals surface area contributed by atoms with E-state index in [9.17, 15) is 4.79 Å². The van der Waals surface area contributed by atoms with Gasteiger partial charge in [0.05, 0.1) is 4.88 Å². The summed E-state index contributed by atoms with van der Waals surface area (Å²) in [6, 6.07) is 5.82. The summed E-state index contributed by atoms with van der Waals surface area (Å²) in [6.07, 6.45) is 2.71. The highest BCUT2D eigenvalue weighted by atomic mass is 32.1. The summed E-state index contributed by atoms with van der Waals surface area (Å²) in [7, 11) is 2.17. The number of pyridine rings is 1. The van der Waals surface area contributed by atoms with Crippen molar-refractivity contribution < 1.29 is 4.79 Å². The number of rotatable bonds is 5. The third-order valence-electron chi connectivity index (χ3n) is 4.62. The highest BCUT2D eigenvalue weighted by Gasteiger charge is 2.24. The van der Waals surface area contributed by atoms with Gasteiger partial charge in [0.15, 0.2) is 0 Å². The number of nitrogens with zero attached hydrogens (tertiary/aromatic N) is 3. The van der Waals surface area contributed by atoms with Crippen molar-refractivity contribution in [3.05, 3.63) is 29.3 Å². The Morgan fingerprint density at radius 1 is 1.33 bits per heavy atom. The Morgan fingerprint density at radius 3 is 2.79 bits per heavy atom. The number of aromatic nitrogens is 1. The van der Waals surface area contributed by atoms with Crippen LogP contribution in [0.2, 0.25) is 0 Å². The molecule has 1 amide bonds. The molecule has 6 heteroatoms. The number of nitrogens with one attached hydrogen (secondary N) is 1. The molecule has 5 nitrogen and oxygen atoms in total. The van der Waals surface area contributed by atoms with E-state index in [1.165, 1.54) is 11.3 Å². The summed E-state index contributed by atoms with van der Waals surface area (Å²) >= 11 is 1.45. The van der Waals surface area contributed by atoms with Gasteiger partial charge in [-0.3, -0.25) is 4.79 Å². The van der Waals surface area contributed by atoms with Gasteiger partial charge in [-0.1, -0.05) is 6.07 Å². The molecule has 3 rings (SSSR count). The maximum absolute atomic E-state index is 12.6. The summed E-state index contributed by atoms with van der Waals surface area (Å²) in [6.45, 7) is 9.71. The molecule has 2 aromatic rings. The van der Waals surface area contributed by atoms with Gasteiger partial charge in [-0.2, -0.15) is 0 Å². The molecule has 0 saturated carbocycles. The van der Waals surface area contributed by atoms with Crippen LogP contribution in [0.5, 0.6) is 0 Å². The second kappa shape index (κ2) is 7.17. The van der Waals surface area contributed by atoms with Crippen LogP contribution in [0.25, 0.3) is 10.2 Å². The van der Waals surface area contributed by atoms with Crippen molar-refractivity contribution in [3.63, 3.8) is 0 Å². The van der Waals surface area contributed by atoms with E-state index in [1.54, 1.807) is 6.20 Å². The molecule has 0 spiro atoms. The van der Waals surface area contributed by atoms with E-state index in [0.29, 0.717) is 0 Å². The van der Waals surface area contributed by atoms with Crippen LogP contribution >= 0.6 is 11.3 Å². The van der Waals surface area contributed by atoms with Crippen LogP contribution in [0.15, 0.2) is 24.4 Å². The number of fused-ring (bicyclic) bond motifs is 1. The van der Waals surface area contributed by atoms with Gasteiger partial charge in [-0.05, 0) is 39.4 Å². The average Bonchev–Trinajstić information content (AvgIpc) is 2.98. The predicted molar refractivity (Wildman–Crippen MR) is 99.7 cm³/mol. The van der Waals surface area contributed by atoms with Crippen molar-refractivity contribution in [2.75, 3.05) is 39.8 Å². The third-order valence-corrected chi connectivity index (χ3v) is 5.68. The first-order valence-corrected chi connectivity index (χ1v) is 9.33. The number of piperazine rings is 1. The summed E-state index contributed by atoms with van der Waals surface area (Å²) in [5, 5.41) is 4.22. The Morgan fingerprint density at radius 2 is 2.08 bits per heavy atom. The Balaban J connectivity index is 1.56. The van der Waals surface area contributed by atoms with Crippen molar-refractivity contribution >= 4 is 27.5 Å². The van der Waals surface area contributed by atoms with Gasteiger partial charge in [-0.15, -0.1) is 11.3 Å². The van der Waals surface area contributed by atoms with Gasteiger partial charge in [0, 0.05) is 49.8 Å². The van der Waals surface area contributed by atoms with Crippen LogP contribution in [0.1, 0.15) is 29.9 Å². The number of carbonyl (C=O) groups excluding carboxylic acids is 1. The van der Waals surface area contributed by atoms with Crippen molar-refractivity contribution in [1.82, 2.24) is 20.1 Å². The van der Waals surface area contributed by atoms with Crippen LogP contribution in [0.3, 0.4) is 0 Å². The van der Waals surface area contributed by atoms with Crippen LogP contribution in [-0.2, 0) is 0 Å². The van der Waals surface area contributed by atoms with Crippen LogP contribution < -0.4 is 5.32 Å². The molecule has 1 aliphatic rings. The van der Waals surface area contributed by atoms with Gasteiger partial charge in [-0.25, -0.2) is 4.98 Å². The molecule has 0 unspecified atom stereocenters. The SMILES string of the molecule is CN1CCN(CCC(C)(C)NC(=O)c2cc3cccnc3s2)CC1. The van der Waals surface area contributed by atoms with E-state index in [4.69, 9.17) is 0 Å². The molecule has 0 bridgehead atoms. The number of hydrogen-bond donors (Lipinski definition) is 1. The van der Waals surface area contributed by atoms with Gasteiger partial charge in [0.2, 0.25) is 0 Å². The van der Waals surface area contributed by atoms with E-state index in [1.807, 2.05) is 18.2 Å². The minimum Gasteiger partial charge on any atom is -0.346 e. The molecule has 0 atom stereocenters. The normalized spacial score (nSPS) is 17.3. The molecular weight excluding hydrogens is 320 g/mol. The van der Waals surface area contributed by atoms with Gasteiger partial charge in [0.1, 0.15) is 4.83 Å². The van der Waals surface area contributed by atoms with Gasteiger partial charge in [0.25, 0.3) is 5.91 Å². The molecule has 0 aromatic carbocycles. The van der Waals surface area contributed by atoms with Crippen molar-refractivity contribution in [1.29, 1.82) is 0 Å². The topological polar surface area (TPSA) is 48.5 Å². The Kier molecular flexibility index (Phi) is 5.18. The van der Waals surface area contributed by atoms with Crippen LogP contribution in [0, 0.1) is 0 Å². The minimum absolute atomic E-state index is 0.00128. The fourth-order valence-corrected chi connectivity index (χ4v) is 3.82. The molecule has 0 radical (unpaired) electrons. The fourth-order valence-electron chi connectivity index (χ4n) is 2.93. The zero-order valence-corrected chi connectivity index (χ0v) is 15.5. The minimum atomic E-state index is -0.218. The first-order valence-electron chi connectivity index (χ1n) is 8.51. The monoisotopic (exact) mass is 346 g/mol. The smallest absolute Gasteiger partial charge is 0.261 e. The Bertz CT molecular complexity index is 671. The predicted octanol–water partition coefficient (Wildman–Crippen LogP) is 2.44. The maximum Gasteiger partial charge on any atom is 0.261 e. The lowest BCUT2D eigenvalue weighted by molar-refractivity contribution is 0.0897. The van der Waals surface area contributed by atoms with Crippen LogP contribution in [0.4, 0.5) is 0 Å². The molecule has 24 heavy (non-hydrogen) atoms. The standard InChI is InChI=1S/C18H26N4OS/c1-18(2,6-8-22-11-9-21(3)10-12-22)20-16(23)15-13-14-5-4-7-19-17(14)24-15/h4-5,7,13H,6,8-12H2,1-3H3,(H,20,23). The zero-order valence-electron chi connectivity index (χ0n) is 14.7. The second-order valence-corrected chi connectivity index (χ2v) is 8.27. The first kappa shape index (κ1) is 17.3. The van der Waals surface area contributed by atoms with E-state index >= 15 is 0 Å². The summed E-state index contributed by atoms with van der Waals surface area (Å²) in [5.41, 5.74) is -0.218.